The molecule has 1 saturated heterocycles. The molecule has 7 nitrogen and oxygen atoms in total. The van der Waals surface area contributed by atoms with Crippen molar-refractivity contribution < 1.29 is 19.0 Å². The lowest BCUT2D eigenvalue weighted by atomic mass is 10.2. The molecule has 2 aromatic carbocycles. The highest BCUT2D eigenvalue weighted by atomic mass is 35.5. The smallest absolute Gasteiger partial charge is 0.257 e. The molecule has 0 bridgehead atoms. The number of carbonyl (C=O) groups is 1. The Morgan fingerprint density at radius 2 is 1.89 bits per heavy atom. The highest BCUT2D eigenvalue weighted by Crippen LogP contribution is 2.32. The van der Waals surface area contributed by atoms with E-state index in [-0.39, 0.29) is 17.8 Å². The van der Waals surface area contributed by atoms with E-state index in [0.29, 0.717) is 54.3 Å². The monoisotopic (exact) mass is 515 g/mol. The fourth-order valence-electron chi connectivity index (χ4n) is 3.70. The van der Waals surface area contributed by atoms with Crippen molar-refractivity contribution in [1.82, 2.24) is 15.2 Å². The van der Waals surface area contributed by atoms with Crippen molar-refractivity contribution in [2.24, 2.45) is 0 Å². The SMILES string of the molecule is O=C(NC(COCc1ccccc1)CN1CCOCC1)c1cccnc1Oc1ccc(Cl)cc1Cl. The summed E-state index contributed by atoms with van der Waals surface area (Å²) in [6, 6.07) is 17.9. The van der Waals surface area contributed by atoms with Gasteiger partial charge in [-0.1, -0.05) is 53.5 Å². The van der Waals surface area contributed by atoms with Gasteiger partial charge in [-0.05, 0) is 35.9 Å². The van der Waals surface area contributed by atoms with E-state index in [2.05, 4.69) is 15.2 Å². The minimum atomic E-state index is -0.306. The fourth-order valence-corrected chi connectivity index (χ4v) is 4.15. The zero-order chi connectivity index (χ0) is 24.5. The van der Waals surface area contributed by atoms with Crippen LogP contribution in [-0.2, 0) is 16.1 Å². The molecule has 1 amide bonds. The van der Waals surface area contributed by atoms with Crippen molar-refractivity contribution in [3.63, 3.8) is 0 Å². The summed E-state index contributed by atoms with van der Waals surface area (Å²) in [5.74, 6) is 0.212. The van der Waals surface area contributed by atoms with E-state index in [9.17, 15) is 4.79 Å². The van der Waals surface area contributed by atoms with Crippen LogP contribution in [-0.4, -0.2) is 61.3 Å². The van der Waals surface area contributed by atoms with E-state index in [0.717, 1.165) is 18.7 Å². The van der Waals surface area contributed by atoms with Crippen molar-refractivity contribution in [3.05, 3.63) is 88.0 Å². The first kappa shape index (κ1) is 25.4. The molecule has 1 aromatic heterocycles. The Balaban J connectivity index is 1.45. The number of nitrogens with one attached hydrogen (secondary N) is 1. The highest BCUT2D eigenvalue weighted by Gasteiger charge is 2.22. The van der Waals surface area contributed by atoms with Gasteiger partial charge in [-0.3, -0.25) is 9.69 Å². The average Bonchev–Trinajstić information content (AvgIpc) is 2.87. The molecule has 0 spiro atoms. The minimum Gasteiger partial charge on any atom is -0.437 e. The van der Waals surface area contributed by atoms with Gasteiger partial charge in [0.1, 0.15) is 11.3 Å². The van der Waals surface area contributed by atoms with E-state index in [1.807, 2.05) is 30.3 Å². The Kier molecular flexibility index (Phi) is 9.34. The topological polar surface area (TPSA) is 72.9 Å². The third-order valence-electron chi connectivity index (χ3n) is 5.46. The molecule has 1 aliphatic heterocycles. The van der Waals surface area contributed by atoms with Gasteiger partial charge in [-0.15, -0.1) is 0 Å². The van der Waals surface area contributed by atoms with Crippen LogP contribution in [0.4, 0.5) is 0 Å². The maximum absolute atomic E-state index is 13.3. The van der Waals surface area contributed by atoms with Gasteiger partial charge in [0.15, 0.2) is 0 Å². The Hall–Kier alpha value is -2.68. The second-order valence-electron chi connectivity index (χ2n) is 8.12. The van der Waals surface area contributed by atoms with Crippen molar-refractivity contribution in [3.8, 4) is 11.6 Å². The van der Waals surface area contributed by atoms with Crippen LogP contribution in [0.3, 0.4) is 0 Å². The number of hydrogen-bond acceptors (Lipinski definition) is 6. The molecule has 2 heterocycles. The molecule has 1 N–H and O–H groups in total. The van der Waals surface area contributed by atoms with Gasteiger partial charge in [0, 0.05) is 30.9 Å². The second-order valence-corrected chi connectivity index (χ2v) is 8.96. The molecular weight excluding hydrogens is 489 g/mol. The van der Waals surface area contributed by atoms with Crippen LogP contribution in [0.5, 0.6) is 11.6 Å². The predicted octanol–water partition coefficient (Wildman–Crippen LogP) is 4.83. The Morgan fingerprint density at radius 3 is 2.66 bits per heavy atom. The lowest BCUT2D eigenvalue weighted by molar-refractivity contribution is 0.0224. The lowest BCUT2D eigenvalue weighted by Crippen LogP contribution is -2.49. The maximum atomic E-state index is 13.3. The Labute approximate surface area is 214 Å². The molecule has 1 unspecified atom stereocenters. The molecule has 3 aromatic rings. The zero-order valence-electron chi connectivity index (χ0n) is 19.2. The first-order valence-electron chi connectivity index (χ1n) is 11.4. The molecule has 0 saturated carbocycles. The third-order valence-corrected chi connectivity index (χ3v) is 5.99. The van der Waals surface area contributed by atoms with E-state index in [1.165, 1.54) is 0 Å². The molecular formula is C26H27Cl2N3O4. The van der Waals surface area contributed by atoms with Crippen molar-refractivity contribution in [2.45, 2.75) is 12.6 Å². The summed E-state index contributed by atoms with van der Waals surface area (Å²) in [7, 11) is 0. The molecule has 35 heavy (non-hydrogen) atoms. The molecule has 4 rings (SSSR count). The number of ether oxygens (including phenoxy) is 3. The first-order chi connectivity index (χ1) is 17.1. The number of amides is 1. The van der Waals surface area contributed by atoms with Crippen LogP contribution in [0.2, 0.25) is 10.0 Å². The number of nitrogens with zero attached hydrogens (tertiary/aromatic N) is 2. The normalized spacial score (nSPS) is 14.9. The number of rotatable bonds is 10. The summed E-state index contributed by atoms with van der Waals surface area (Å²) in [5, 5.41) is 3.91. The summed E-state index contributed by atoms with van der Waals surface area (Å²) in [4.78, 5) is 19.8. The summed E-state index contributed by atoms with van der Waals surface area (Å²) in [5.41, 5.74) is 1.38. The van der Waals surface area contributed by atoms with Crippen LogP contribution in [0.15, 0.2) is 66.9 Å². The number of halogens is 2. The second kappa shape index (κ2) is 12.9. The summed E-state index contributed by atoms with van der Waals surface area (Å²) in [6.45, 7) is 4.43. The maximum Gasteiger partial charge on any atom is 0.257 e. The number of pyridine rings is 1. The average molecular weight is 516 g/mol. The molecule has 9 heteroatoms. The van der Waals surface area contributed by atoms with Gasteiger partial charge in [0.25, 0.3) is 5.91 Å². The van der Waals surface area contributed by atoms with E-state index in [1.54, 1.807) is 36.5 Å². The number of morpholine rings is 1. The van der Waals surface area contributed by atoms with Crippen molar-refractivity contribution >= 4 is 29.1 Å². The molecule has 0 aliphatic carbocycles. The van der Waals surface area contributed by atoms with E-state index >= 15 is 0 Å². The number of hydrogen-bond donors (Lipinski definition) is 1. The largest absolute Gasteiger partial charge is 0.437 e. The quantitative estimate of drug-likeness (QED) is 0.416. The lowest BCUT2D eigenvalue weighted by Gasteiger charge is -2.30. The molecule has 0 radical (unpaired) electrons. The van der Waals surface area contributed by atoms with Crippen LogP contribution in [0, 0.1) is 0 Å². The van der Waals surface area contributed by atoms with Gasteiger partial charge in [-0.2, -0.15) is 0 Å². The zero-order valence-corrected chi connectivity index (χ0v) is 20.7. The van der Waals surface area contributed by atoms with Crippen molar-refractivity contribution in [1.29, 1.82) is 0 Å². The summed E-state index contributed by atoms with van der Waals surface area (Å²) >= 11 is 12.2. The number of carbonyl (C=O) groups excluding carboxylic acids is 1. The third kappa shape index (κ3) is 7.65. The molecule has 184 valence electrons. The molecule has 1 fully saturated rings. The van der Waals surface area contributed by atoms with Crippen LogP contribution >= 0.6 is 23.2 Å². The summed E-state index contributed by atoms with van der Waals surface area (Å²) in [6.07, 6.45) is 1.56. The summed E-state index contributed by atoms with van der Waals surface area (Å²) < 4.78 is 17.3. The van der Waals surface area contributed by atoms with Crippen LogP contribution < -0.4 is 10.1 Å². The number of benzene rings is 2. The molecule has 1 atom stereocenters. The van der Waals surface area contributed by atoms with Gasteiger partial charge in [0.05, 0.1) is 37.5 Å². The van der Waals surface area contributed by atoms with E-state index in [4.69, 9.17) is 37.4 Å². The number of aromatic nitrogens is 1. The standard InChI is InChI=1S/C26H27Cl2N3O4/c27-20-8-9-24(23(28)15-20)35-26-22(7-4-10-29-26)25(32)30-21(16-31-11-13-33-14-12-31)18-34-17-19-5-2-1-3-6-19/h1-10,15,21H,11-14,16-18H2,(H,30,32). The minimum absolute atomic E-state index is 0.157. The highest BCUT2D eigenvalue weighted by molar-refractivity contribution is 6.35. The van der Waals surface area contributed by atoms with Crippen LogP contribution in [0.25, 0.3) is 0 Å². The van der Waals surface area contributed by atoms with Gasteiger partial charge in [0.2, 0.25) is 5.88 Å². The predicted molar refractivity (Wildman–Crippen MR) is 135 cm³/mol. The first-order valence-corrected chi connectivity index (χ1v) is 12.1. The van der Waals surface area contributed by atoms with Gasteiger partial charge < -0.3 is 19.5 Å². The van der Waals surface area contributed by atoms with E-state index < -0.39 is 0 Å². The van der Waals surface area contributed by atoms with Gasteiger partial charge in [-0.25, -0.2) is 4.98 Å². The molecule has 1 aliphatic rings. The Bertz CT molecular complexity index is 1110. The van der Waals surface area contributed by atoms with Gasteiger partial charge >= 0.3 is 0 Å². The Morgan fingerprint density at radius 1 is 1.09 bits per heavy atom. The van der Waals surface area contributed by atoms with Crippen LogP contribution in [0.1, 0.15) is 15.9 Å². The fraction of sp³-hybridized carbons (Fsp3) is 0.308. The van der Waals surface area contributed by atoms with Crippen molar-refractivity contribution in [2.75, 3.05) is 39.5 Å².